The second-order valence-corrected chi connectivity index (χ2v) is 3.60. The number of nitrogens with two attached hydrogens (primary N) is 1. The van der Waals surface area contributed by atoms with Crippen LogP contribution in [0.1, 0.15) is 24.5 Å². The maximum atomic E-state index is 5.96. The van der Waals surface area contributed by atoms with Gasteiger partial charge in [-0.05, 0) is 36.5 Å². The van der Waals surface area contributed by atoms with Crippen molar-refractivity contribution in [1.29, 1.82) is 0 Å². The van der Waals surface area contributed by atoms with E-state index in [4.69, 9.17) is 5.73 Å². The zero-order valence-corrected chi connectivity index (χ0v) is 8.06. The third kappa shape index (κ3) is 1.48. The Hall–Kier alpha value is -1.18. The van der Waals surface area contributed by atoms with Crippen LogP contribution in [0.25, 0.3) is 0 Å². The highest BCUT2D eigenvalue weighted by Crippen LogP contribution is 2.29. The molecule has 0 fully saturated rings. The molecule has 2 heteroatoms. The van der Waals surface area contributed by atoms with Crippen molar-refractivity contribution in [3.8, 4) is 0 Å². The zero-order valence-electron chi connectivity index (χ0n) is 8.06. The molecule has 2 nitrogen and oxygen atoms in total. The second kappa shape index (κ2) is 3.29. The smallest absolute Gasteiger partial charge is 0.0606 e. The van der Waals surface area contributed by atoms with Crippen LogP contribution < -0.4 is 11.1 Å². The summed E-state index contributed by atoms with van der Waals surface area (Å²) in [4.78, 5) is 0. The van der Waals surface area contributed by atoms with Crippen molar-refractivity contribution in [2.45, 2.75) is 26.2 Å². The molecule has 0 aromatic heterocycles. The van der Waals surface area contributed by atoms with Gasteiger partial charge in [0.2, 0.25) is 0 Å². The first kappa shape index (κ1) is 8.42. The summed E-state index contributed by atoms with van der Waals surface area (Å²) in [6.45, 7) is 3.22. The molecule has 0 saturated carbocycles. The van der Waals surface area contributed by atoms with E-state index in [9.17, 15) is 0 Å². The fourth-order valence-electron chi connectivity index (χ4n) is 1.90. The number of hydrogen-bond acceptors (Lipinski definition) is 2. The van der Waals surface area contributed by atoms with E-state index in [0.29, 0.717) is 0 Å². The Bertz CT molecular complexity index is 318. The van der Waals surface area contributed by atoms with Gasteiger partial charge < -0.3 is 11.1 Å². The largest absolute Gasteiger partial charge is 0.397 e. The van der Waals surface area contributed by atoms with Gasteiger partial charge in [0.05, 0.1) is 11.4 Å². The van der Waals surface area contributed by atoms with Gasteiger partial charge in [-0.1, -0.05) is 13.0 Å². The van der Waals surface area contributed by atoms with Gasteiger partial charge in [-0.3, -0.25) is 0 Å². The summed E-state index contributed by atoms with van der Waals surface area (Å²) < 4.78 is 0. The van der Waals surface area contributed by atoms with E-state index in [1.807, 2.05) is 0 Å². The molecular formula is C11H16N2. The van der Waals surface area contributed by atoms with Crippen LogP contribution in [0.15, 0.2) is 12.1 Å². The van der Waals surface area contributed by atoms with Crippen LogP contribution >= 0.6 is 0 Å². The summed E-state index contributed by atoms with van der Waals surface area (Å²) in [7, 11) is 0. The van der Waals surface area contributed by atoms with Gasteiger partial charge in [0.15, 0.2) is 0 Å². The van der Waals surface area contributed by atoms with Gasteiger partial charge in [-0.2, -0.15) is 0 Å². The van der Waals surface area contributed by atoms with Crippen LogP contribution in [0.4, 0.5) is 11.4 Å². The molecule has 0 spiro atoms. The molecule has 0 aliphatic carbocycles. The minimum Gasteiger partial charge on any atom is -0.397 e. The summed E-state index contributed by atoms with van der Waals surface area (Å²) in [5.41, 5.74) is 10.8. The Morgan fingerprint density at radius 3 is 3.08 bits per heavy atom. The number of nitrogens with one attached hydrogen (secondary N) is 1. The molecule has 0 saturated heterocycles. The first-order valence-electron chi connectivity index (χ1n) is 4.96. The predicted molar refractivity (Wildman–Crippen MR) is 57.0 cm³/mol. The topological polar surface area (TPSA) is 38.0 Å². The van der Waals surface area contributed by atoms with Gasteiger partial charge in [0.25, 0.3) is 0 Å². The van der Waals surface area contributed by atoms with Crippen LogP contribution in [0.3, 0.4) is 0 Å². The fraction of sp³-hybridized carbons (Fsp3) is 0.455. The Balaban J connectivity index is 2.47. The Kier molecular flexibility index (Phi) is 2.13. The summed E-state index contributed by atoms with van der Waals surface area (Å²) in [5.74, 6) is 0. The van der Waals surface area contributed by atoms with Gasteiger partial charge in [0, 0.05) is 6.54 Å². The number of aryl methyl sites for hydroxylation is 2. The highest BCUT2D eigenvalue weighted by molar-refractivity contribution is 5.72. The Morgan fingerprint density at radius 2 is 2.31 bits per heavy atom. The van der Waals surface area contributed by atoms with Crippen molar-refractivity contribution in [2.24, 2.45) is 0 Å². The van der Waals surface area contributed by atoms with Crippen LogP contribution in [0.2, 0.25) is 0 Å². The predicted octanol–water partition coefficient (Wildman–Crippen LogP) is 2.19. The summed E-state index contributed by atoms with van der Waals surface area (Å²) >= 11 is 0. The van der Waals surface area contributed by atoms with E-state index in [-0.39, 0.29) is 0 Å². The first-order chi connectivity index (χ1) is 6.31. The number of anilines is 2. The van der Waals surface area contributed by atoms with Crippen LogP contribution in [-0.4, -0.2) is 6.54 Å². The molecular weight excluding hydrogens is 160 g/mol. The summed E-state index contributed by atoms with van der Waals surface area (Å²) in [6, 6.07) is 4.36. The normalized spacial score (nSPS) is 14.8. The molecule has 1 aliphatic heterocycles. The number of benzene rings is 1. The van der Waals surface area contributed by atoms with E-state index in [2.05, 4.69) is 24.4 Å². The number of rotatable bonds is 1. The fourth-order valence-corrected chi connectivity index (χ4v) is 1.90. The standard InChI is InChI=1S/C11H16N2/c1-2-8-6-9-4-3-5-13-11(9)10(12)7-8/h6-7,13H,2-5,12H2,1H3. The highest BCUT2D eigenvalue weighted by atomic mass is 14.9. The highest BCUT2D eigenvalue weighted by Gasteiger charge is 2.11. The number of hydrogen-bond donors (Lipinski definition) is 2. The van der Waals surface area contributed by atoms with E-state index < -0.39 is 0 Å². The molecule has 0 bridgehead atoms. The van der Waals surface area contributed by atoms with Gasteiger partial charge in [0.1, 0.15) is 0 Å². The average Bonchev–Trinajstić information content (AvgIpc) is 2.18. The molecule has 1 aliphatic rings. The third-order valence-corrected chi connectivity index (χ3v) is 2.64. The quantitative estimate of drug-likeness (QED) is 0.644. The third-order valence-electron chi connectivity index (χ3n) is 2.64. The molecule has 1 heterocycles. The molecule has 3 N–H and O–H groups in total. The number of fused-ring (bicyclic) bond motifs is 1. The molecule has 70 valence electrons. The van der Waals surface area contributed by atoms with E-state index in [0.717, 1.165) is 18.7 Å². The molecule has 0 radical (unpaired) electrons. The SMILES string of the molecule is CCc1cc(N)c2c(c1)CCCN2. The number of nitrogen functional groups attached to an aromatic ring is 1. The minimum absolute atomic E-state index is 0.911. The first-order valence-corrected chi connectivity index (χ1v) is 4.96. The molecule has 1 aromatic rings. The summed E-state index contributed by atoms with van der Waals surface area (Å²) in [6.07, 6.45) is 3.46. The summed E-state index contributed by atoms with van der Waals surface area (Å²) in [5, 5.41) is 3.36. The van der Waals surface area contributed by atoms with Crippen molar-refractivity contribution in [3.05, 3.63) is 23.3 Å². The van der Waals surface area contributed by atoms with Crippen molar-refractivity contribution in [3.63, 3.8) is 0 Å². The van der Waals surface area contributed by atoms with Crippen LogP contribution in [0, 0.1) is 0 Å². The molecule has 0 unspecified atom stereocenters. The average molecular weight is 176 g/mol. The van der Waals surface area contributed by atoms with Crippen molar-refractivity contribution < 1.29 is 0 Å². The van der Waals surface area contributed by atoms with Crippen molar-refractivity contribution >= 4 is 11.4 Å². The van der Waals surface area contributed by atoms with E-state index >= 15 is 0 Å². The lowest BCUT2D eigenvalue weighted by Crippen LogP contribution is -2.14. The molecule has 0 amide bonds. The lowest BCUT2D eigenvalue weighted by Gasteiger charge is -2.20. The zero-order chi connectivity index (χ0) is 9.26. The molecule has 13 heavy (non-hydrogen) atoms. The van der Waals surface area contributed by atoms with Crippen molar-refractivity contribution in [2.75, 3.05) is 17.6 Å². The van der Waals surface area contributed by atoms with E-state index in [1.54, 1.807) is 0 Å². The lowest BCUT2D eigenvalue weighted by molar-refractivity contribution is 0.828. The minimum atomic E-state index is 0.911. The molecule has 1 aromatic carbocycles. The lowest BCUT2D eigenvalue weighted by atomic mass is 9.98. The Morgan fingerprint density at radius 1 is 1.46 bits per heavy atom. The Labute approximate surface area is 79.1 Å². The molecule has 2 rings (SSSR count). The van der Waals surface area contributed by atoms with Crippen molar-refractivity contribution in [1.82, 2.24) is 0 Å². The maximum absolute atomic E-state index is 5.96. The van der Waals surface area contributed by atoms with Gasteiger partial charge in [-0.25, -0.2) is 0 Å². The van der Waals surface area contributed by atoms with Gasteiger partial charge in [-0.15, -0.1) is 0 Å². The van der Waals surface area contributed by atoms with E-state index in [1.165, 1.54) is 29.7 Å². The van der Waals surface area contributed by atoms with Gasteiger partial charge >= 0.3 is 0 Å². The van der Waals surface area contributed by atoms with Crippen LogP contribution in [0.5, 0.6) is 0 Å². The molecule has 0 atom stereocenters. The van der Waals surface area contributed by atoms with Crippen LogP contribution in [-0.2, 0) is 12.8 Å². The maximum Gasteiger partial charge on any atom is 0.0606 e. The second-order valence-electron chi connectivity index (χ2n) is 3.60. The monoisotopic (exact) mass is 176 g/mol.